The molecule has 1 aliphatic heterocycles. The van der Waals surface area contributed by atoms with Gasteiger partial charge in [-0.2, -0.15) is 0 Å². The van der Waals surface area contributed by atoms with E-state index in [1.54, 1.807) is 11.1 Å². The van der Waals surface area contributed by atoms with Crippen molar-refractivity contribution < 1.29 is 9.90 Å². The third-order valence-corrected chi connectivity index (χ3v) is 2.81. The molecule has 0 saturated carbocycles. The average molecular weight is 220 g/mol. The van der Waals surface area contributed by atoms with Gasteiger partial charge in [-0.05, 0) is 25.0 Å². The summed E-state index contributed by atoms with van der Waals surface area (Å²) < 4.78 is 0. The van der Waals surface area contributed by atoms with Gasteiger partial charge in [0.25, 0.3) is 0 Å². The second-order valence-electron chi connectivity index (χ2n) is 4.13. The number of β-amino-alcohol motifs (C(OH)–C–C–N with tert-alkyl or cyclic N) is 1. The average Bonchev–Trinajstić information content (AvgIpc) is 2.30. The van der Waals surface area contributed by atoms with Crippen molar-refractivity contribution in [2.24, 2.45) is 0 Å². The fourth-order valence-corrected chi connectivity index (χ4v) is 1.95. The Hall–Kier alpha value is -1.42. The molecular formula is C12H16N2O2. The zero-order chi connectivity index (χ0) is 11.4. The van der Waals surface area contributed by atoms with Crippen LogP contribution in [0, 0.1) is 0 Å². The van der Waals surface area contributed by atoms with E-state index < -0.39 is 0 Å². The smallest absolute Gasteiger partial charge is 0.228 e. The lowest BCUT2D eigenvalue weighted by Gasteiger charge is -2.30. The number of piperidine rings is 1. The van der Waals surface area contributed by atoms with E-state index in [-0.39, 0.29) is 12.0 Å². The third-order valence-electron chi connectivity index (χ3n) is 2.81. The van der Waals surface area contributed by atoms with Gasteiger partial charge in [-0.25, -0.2) is 0 Å². The molecule has 1 saturated heterocycles. The second-order valence-corrected chi connectivity index (χ2v) is 4.13. The van der Waals surface area contributed by atoms with Gasteiger partial charge in [-0.15, -0.1) is 0 Å². The van der Waals surface area contributed by atoms with Crippen molar-refractivity contribution in [3.8, 4) is 0 Å². The van der Waals surface area contributed by atoms with E-state index in [4.69, 9.17) is 0 Å². The van der Waals surface area contributed by atoms with Crippen molar-refractivity contribution in [1.29, 1.82) is 0 Å². The van der Waals surface area contributed by atoms with E-state index in [0.717, 1.165) is 25.1 Å². The quantitative estimate of drug-likeness (QED) is 0.794. The van der Waals surface area contributed by atoms with Gasteiger partial charge in [0.05, 0.1) is 12.5 Å². The summed E-state index contributed by atoms with van der Waals surface area (Å²) in [6.07, 6.45) is 3.34. The highest BCUT2D eigenvalue weighted by atomic mass is 16.3. The van der Waals surface area contributed by atoms with Crippen LogP contribution in [0.15, 0.2) is 24.4 Å². The number of carbonyl (C=O) groups excluding carboxylic acids is 1. The van der Waals surface area contributed by atoms with Gasteiger partial charge in [0.1, 0.15) is 0 Å². The molecule has 1 aromatic heterocycles. The lowest BCUT2D eigenvalue weighted by molar-refractivity contribution is -0.133. The van der Waals surface area contributed by atoms with Crippen LogP contribution >= 0.6 is 0 Å². The summed E-state index contributed by atoms with van der Waals surface area (Å²) in [6.45, 7) is 1.22. The summed E-state index contributed by atoms with van der Waals surface area (Å²) in [4.78, 5) is 17.7. The van der Waals surface area contributed by atoms with Gasteiger partial charge in [0, 0.05) is 25.0 Å². The summed E-state index contributed by atoms with van der Waals surface area (Å²) in [5.41, 5.74) is 0.785. The van der Waals surface area contributed by atoms with Gasteiger partial charge in [-0.1, -0.05) is 6.07 Å². The van der Waals surface area contributed by atoms with E-state index in [0.29, 0.717) is 13.0 Å². The molecule has 86 valence electrons. The first-order chi connectivity index (χ1) is 7.75. The summed E-state index contributed by atoms with van der Waals surface area (Å²) in [6, 6.07) is 5.55. The standard InChI is InChI=1S/C12H16N2O2/c15-11-5-3-7-14(9-11)12(16)8-10-4-1-2-6-13-10/h1-2,4,6,11,15H,3,5,7-9H2. The maximum Gasteiger partial charge on any atom is 0.228 e. The molecule has 1 amide bonds. The molecule has 16 heavy (non-hydrogen) atoms. The maximum absolute atomic E-state index is 11.9. The number of aliphatic hydroxyl groups excluding tert-OH is 1. The Balaban J connectivity index is 1.93. The minimum absolute atomic E-state index is 0.0532. The first kappa shape index (κ1) is 11.1. The molecule has 2 rings (SSSR count). The molecule has 0 radical (unpaired) electrons. The highest BCUT2D eigenvalue weighted by Gasteiger charge is 2.21. The molecule has 1 aliphatic rings. The predicted molar refractivity (Wildman–Crippen MR) is 59.8 cm³/mol. The van der Waals surface area contributed by atoms with Crippen LogP contribution in [-0.4, -0.2) is 40.1 Å². The Bertz CT molecular complexity index is 353. The number of likely N-dealkylation sites (tertiary alicyclic amines) is 1. The van der Waals surface area contributed by atoms with E-state index in [9.17, 15) is 9.90 Å². The number of carbonyl (C=O) groups is 1. The number of hydrogen-bond acceptors (Lipinski definition) is 3. The summed E-state index contributed by atoms with van der Waals surface area (Å²) >= 11 is 0. The Morgan fingerprint density at radius 2 is 2.44 bits per heavy atom. The highest BCUT2D eigenvalue weighted by molar-refractivity contribution is 5.78. The van der Waals surface area contributed by atoms with E-state index in [1.807, 2.05) is 18.2 Å². The van der Waals surface area contributed by atoms with Crippen LogP contribution in [0.1, 0.15) is 18.5 Å². The lowest BCUT2D eigenvalue weighted by atomic mass is 10.1. The number of nitrogens with zero attached hydrogens (tertiary/aromatic N) is 2. The third kappa shape index (κ3) is 2.79. The summed E-state index contributed by atoms with van der Waals surface area (Å²) in [5, 5.41) is 9.49. The molecule has 1 fully saturated rings. The van der Waals surface area contributed by atoms with Gasteiger partial charge >= 0.3 is 0 Å². The molecule has 0 bridgehead atoms. The molecule has 4 nitrogen and oxygen atoms in total. The number of amides is 1. The fraction of sp³-hybridized carbons (Fsp3) is 0.500. The molecule has 1 atom stereocenters. The molecule has 4 heteroatoms. The maximum atomic E-state index is 11.9. The predicted octanol–water partition coefficient (Wildman–Crippen LogP) is 0.607. The van der Waals surface area contributed by atoms with Crippen LogP contribution in [0.2, 0.25) is 0 Å². The Labute approximate surface area is 94.9 Å². The number of aliphatic hydroxyl groups is 1. The number of aromatic nitrogens is 1. The molecule has 1 N–H and O–H groups in total. The highest BCUT2D eigenvalue weighted by Crippen LogP contribution is 2.11. The zero-order valence-electron chi connectivity index (χ0n) is 9.17. The van der Waals surface area contributed by atoms with Crippen molar-refractivity contribution in [3.05, 3.63) is 30.1 Å². The van der Waals surface area contributed by atoms with Crippen LogP contribution < -0.4 is 0 Å². The summed E-state index contributed by atoms with van der Waals surface area (Å²) in [7, 11) is 0. The number of pyridine rings is 1. The van der Waals surface area contributed by atoms with Gasteiger partial charge in [0.15, 0.2) is 0 Å². The topological polar surface area (TPSA) is 53.4 Å². The number of rotatable bonds is 2. The molecule has 1 aromatic rings. The molecule has 0 aromatic carbocycles. The van der Waals surface area contributed by atoms with E-state index in [2.05, 4.69) is 4.98 Å². The molecule has 0 spiro atoms. The van der Waals surface area contributed by atoms with E-state index in [1.165, 1.54) is 0 Å². The first-order valence-corrected chi connectivity index (χ1v) is 5.61. The Morgan fingerprint density at radius 1 is 1.56 bits per heavy atom. The zero-order valence-corrected chi connectivity index (χ0v) is 9.17. The van der Waals surface area contributed by atoms with E-state index >= 15 is 0 Å². The molecule has 0 aliphatic carbocycles. The first-order valence-electron chi connectivity index (χ1n) is 5.61. The second kappa shape index (κ2) is 5.07. The van der Waals surface area contributed by atoms with Crippen LogP contribution in [0.4, 0.5) is 0 Å². The van der Waals surface area contributed by atoms with Crippen molar-refractivity contribution in [3.63, 3.8) is 0 Å². The fourth-order valence-electron chi connectivity index (χ4n) is 1.95. The van der Waals surface area contributed by atoms with Crippen LogP contribution in [0.3, 0.4) is 0 Å². The van der Waals surface area contributed by atoms with Gasteiger partial charge in [0.2, 0.25) is 5.91 Å². The molecule has 1 unspecified atom stereocenters. The van der Waals surface area contributed by atoms with Gasteiger partial charge in [-0.3, -0.25) is 9.78 Å². The molecule has 2 heterocycles. The number of hydrogen-bond donors (Lipinski definition) is 1. The van der Waals surface area contributed by atoms with Crippen LogP contribution in [0.5, 0.6) is 0 Å². The summed E-state index contributed by atoms with van der Waals surface area (Å²) in [5.74, 6) is 0.0532. The Kier molecular flexibility index (Phi) is 3.51. The van der Waals surface area contributed by atoms with Gasteiger partial charge < -0.3 is 10.0 Å². The van der Waals surface area contributed by atoms with Crippen molar-refractivity contribution >= 4 is 5.91 Å². The van der Waals surface area contributed by atoms with Crippen molar-refractivity contribution in [1.82, 2.24) is 9.88 Å². The molecular weight excluding hydrogens is 204 g/mol. The van der Waals surface area contributed by atoms with Crippen LogP contribution in [-0.2, 0) is 11.2 Å². The lowest BCUT2D eigenvalue weighted by Crippen LogP contribution is -2.42. The van der Waals surface area contributed by atoms with Crippen molar-refractivity contribution in [2.75, 3.05) is 13.1 Å². The largest absolute Gasteiger partial charge is 0.391 e. The minimum Gasteiger partial charge on any atom is -0.391 e. The van der Waals surface area contributed by atoms with Crippen LogP contribution in [0.25, 0.3) is 0 Å². The Morgan fingerprint density at radius 3 is 3.12 bits per heavy atom. The SMILES string of the molecule is O=C(Cc1ccccn1)N1CCCC(O)C1. The van der Waals surface area contributed by atoms with Crippen molar-refractivity contribution in [2.45, 2.75) is 25.4 Å². The minimum atomic E-state index is -0.360. The monoisotopic (exact) mass is 220 g/mol. The normalized spacial score (nSPS) is 20.8.